The fourth-order valence-electron chi connectivity index (χ4n) is 3.25. The summed E-state index contributed by atoms with van der Waals surface area (Å²) in [5.74, 6) is 0. The van der Waals surface area contributed by atoms with E-state index in [4.69, 9.17) is 5.73 Å². The summed E-state index contributed by atoms with van der Waals surface area (Å²) in [6.45, 7) is 10.9. The predicted octanol–water partition coefficient (Wildman–Crippen LogP) is 1.93. The monoisotopic (exact) mass is 275 g/mol. The van der Waals surface area contributed by atoms with Crippen LogP contribution in [0.2, 0.25) is 0 Å². The van der Waals surface area contributed by atoms with E-state index in [9.17, 15) is 0 Å². The number of hydrogen-bond acceptors (Lipinski definition) is 3. The average molecular weight is 275 g/mol. The highest BCUT2D eigenvalue weighted by Crippen LogP contribution is 2.25. The van der Waals surface area contributed by atoms with Crippen LogP contribution in [0.4, 0.5) is 0 Å². The molecule has 3 nitrogen and oxygen atoms in total. The van der Waals surface area contributed by atoms with Crippen LogP contribution in [0.25, 0.3) is 0 Å². The molecule has 3 heteroatoms. The Bertz CT molecular complexity index is 408. The Hall–Kier alpha value is -0.900. The molecule has 1 aromatic carbocycles. The molecular weight excluding hydrogens is 246 g/mol. The van der Waals surface area contributed by atoms with E-state index < -0.39 is 0 Å². The lowest BCUT2D eigenvalue weighted by Crippen LogP contribution is -2.57. The first kappa shape index (κ1) is 15.5. The van der Waals surface area contributed by atoms with Gasteiger partial charge in [-0.05, 0) is 26.5 Å². The minimum absolute atomic E-state index is 0.0383. The number of benzene rings is 1. The van der Waals surface area contributed by atoms with E-state index in [2.05, 4.69) is 68.0 Å². The first-order valence-electron chi connectivity index (χ1n) is 7.66. The lowest BCUT2D eigenvalue weighted by Gasteiger charge is -2.45. The third-order valence-corrected chi connectivity index (χ3v) is 4.93. The first-order chi connectivity index (χ1) is 9.46. The van der Waals surface area contributed by atoms with Crippen molar-refractivity contribution in [2.75, 3.05) is 33.2 Å². The molecule has 0 aliphatic carbocycles. The van der Waals surface area contributed by atoms with Gasteiger partial charge < -0.3 is 5.73 Å². The lowest BCUT2D eigenvalue weighted by atomic mass is 9.81. The Morgan fingerprint density at radius 1 is 1.15 bits per heavy atom. The van der Waals surface area contributed by atoms with Crippen LogP contribution >= 0.6 is 0 Å². The van der Waals surface area contributed by atoms with Gasteiger partial charge in [-0.25, -0.2) is 0 Å². The molecule has 0 bridgehead atoms. The minimum Gasteiger partial charge on any atom is -0.330 e. The van der Waals surface area contributed by atoms with Crippen molar-refractivity contribution in [3.8, 4) is 0 Å². The minimum atomic E-state index is 0.0383. The summed E-state index contributed by atoms with van der Waals surface area (Å²) in [7, 11) is 2.23. The van der Waals surface area contributed by atoms with Gasteiger partial charge in [-0.1, -0.05) is 37.3 Å². The molecule has 1 aliphatic rings. The summed E-state index contributed by atoms with van der Waals surface area (Å²) in [6.07, 6.45) is 0. The van der Waals surface area contributed by atoms with E-state index in [0.717, 1.165) is 19.6 Å². The molecule has 1 aromatic rings. The highest BCUT2D eigenvalue weighted by Gasteiger charge is 2.32. The van der Waals surface area contributed by atoms with Gasteiger partial charge in [0, 0.05) is 43.7 Å². The summed E-state index contributed by atoms with van der Waals surface area (Å²) in [5, 5.41) is 0. The van der Waals surface area contributed by atoms with E-state index >= 15 is 0 Å². The summed E-state index contributed by atoms with van der Waals surface area (Å²) in [6, 6.07) is 11.9. The Morgan fingerprint density at radius 3 is 2.20 bits per heavy atom. The summed E-state index contributed by atoms with van der Waals surface area (Å²) < 4.78 is 0. The van der Waals surface area contributed by atoms with Crippen LogP contribution in [0, 0.1) is 0 Å². The second-order valence-corrected chi connectivity index (χ2v) is 6.69. The van der Waals surface area contributed by atoms with Crippen molar-refractivity contribution < 1.29 is 0 Å². The Labute approximate surface area is 123 Å². The maximum Gasteiger partial charge on any atom is 0.0195 e. The van der Waals surface area contributed by atoms with Crippen LogP contribution in [0.1, 0.15) is 26.3 Å². The van der Waals surface area contributed by atoms with Crippen molar-refractivity contribution in [1.29, 1.82) is 0 Å². The van der Waals surface area contributed by atoms with Crippen molar-refractivity contribution in [3.05, 3.63) is 35.9 Å². The van der Waals surface area contributed by atoms with Gasteiger partial charge in [0.15, 0.2) is 0 Å². The van der Waals surface area contributed by atoms with E-state index in [1.54, 1.807) is 0 Å². The Balaban J connectivity index is 2.11. The molecule has 3 unspecified atom stereocenters. The molecule has 0 spiro atoms. The highest BCUT2D eigenvalue weighted by atomic mass is 15.3. The highest BCUT2D eigenvalue weighted by molar-refractivity contribution is 5.25. The van der Waals surface area contributed by atoms with Crippen LogP contribution in [-0.2, 0) is 5.41 Å². The molecule has 2 N–H and O–H groups in total. The van der Waals surface area contributed by atoms with Crippen molar-refractivity contribution >= 4 is 0 Å². The van der Waals surface area contributed by atoms with Crippen LogP contribution in [0.5, 0.6) is 0 Å². The molecule has 2 rings (SSSR count). The summed E-state index contributed by atoms with van der Waals surface area (Å²) in [4.78, 5) is 5.05. The second-order valence-electron chi connectivity index (χ2n) is 6.69. The normalized spacial score (nSPS) is 28.2. The van der Waals surface area contributed by atoms with E-state index in [-0.39, 0.29) is 5.41 Å². The second kappa shape index (κ2) is 6.25. The van der Waals surface area contributed by atoms with Gasteiger partial charge in [-0.15, -0.1) is 0 Å². The molecule has 1 heterocycles. The first-order valence-corrected chi connectivity index (χ1v) is 7.66. The lowest BCUT2D eigenvalue weighted by molar-refractivity contribution is 0.0481. The van der Waals surface area contributed by atoms with Gasteiger partial charge in [-0.3, -0.25) is 9.80 Å². The summed E-state index contributed by atoms with van der Waals surface area (Å²) >= 11 is 0. The van der Waals surface area contributed by atoms with Crippen LogP contribution in [-0.4, -0.2) is 55.1 Å². The predicted molar refractivity (Wildman–Crippen MR) is 86.0 cm³/mol. The fraction of sp³-hybridized carbons (Fsp3) is 0.647. The number of hydrogen-bond donors (Lipinski definition) is 1. The van der Waals surface area contributed by atoms with E-state index in [1.165, 1.54) is 5.56 Å². The van der Waals surface area contributed by atoms with Crippen molar-refractivity contribution in [2.45, 2.75) is 38.3 Å². The van der Waals surface area contributed by atoms with Crippen molar-refractivity contribution in [2.24, 2.45) is 5.73 Å². The van der Waals surface area contributed by atoms with Gasteiger partial charge in [0.25, 0.3) is 0 Å². The molecule has 1 saturated heterocycles. The molecule has 1 fully saturated rings. The fourth-order valence-corrected chi connectivity index (χ4v) is 3.25. The number of likely N-dealkylation sites (N-methyl/N-ethyl adjacent to an activating group) is 1. The Morgan fingerprint density at radius 2 is 1.70 bits per heavy atom. The molecular formula is C17H29N3. The third kappa shape index (κ3) is 3.22. The zero-order chi connectivity index (χ0) is 14.8. The van der Waals surface area contributed by atoms with Crippen LogP contribution in [0.3, 0.4) is 0 Å². The van der Waals surface area contributed by atoms with Gasteiger partial charge in [0.05, 0.1) is 0 Å². The number of nitrogens with two attached hydrogens (primary N) is 1. The van der Waals surface area contributed by atoms with Crippen LogP contribution in [0.15, 0.2) is 30.3 Å². The number of nitrogens with zero attached hydrogens (tertiary/aromatic N) is 2. The molecule has 0 saturated carbocycles. The standard InChI is InChI=1S/C17H29N3/c1-14-10-20(11-15(2)19(14)4)13-17(3,12-18)16-8-6-5-7-9-16/h5-9,14-15H,10-13,18H2,1-4H3. The molecule has 0 radical (unpaired) electrons. The smallest absolute Gasteiger partial charge is 0.0195 e. The van der Waals surface area contributed by atoms with Crippen molar-refractivity contribution in [3.63, 3.8) is 0 Å². The third-order valence-electron chi connectivity index (χ3n) is 4.93. The van der Waals surface area contributed by atoms with Crippen LogP contribution < -0.4 is 5.73 Å². The maximum absolute atomic E-state index is 6.12. The molecule has 20 heavy (non-hydrogen) atoms. The summed E-state index contributed by atoms with van der Waals surface area (Å²) in [5.41, 5.74) is 7.50. The quantitative estimate of drug-likeness (QED) is 0.911. The number of rotatable bonds is 4. The molecule has 3 atom stereocenters. The number of piperazine rings is 1. The SMILES string of the molecule is CC1CN(CC(C)(CN)c2ccccc2)CC(C)N1C. The van der Waals surface area contributed by atoms with Gasteiger partial charge in [-0.2, -0.15) is 0 Å². The van der Waals surface area contributed by atoms with Gasteiger partial charge >= 0.3 is 0 Å². The van der Waals surface area contributed by atoms with E-state index in [1.807, 2.05) is 0 Å². The molecule has 0 aromatic heterocycles. The van der Waals surface area contributed by atoms with Crippen molar-refractivity contribution in [1.82, 2.24) is 9.80 Å². The average Bonchev–Trinajstić information content (AvgIpc) is 2.45. The molecule has 0 amide bonds. The Kier molecular flexibility index (Phi) is 4.84. The zero-order valence-electron chi connectivity index (χ0n) is 13.3. The largest absolute Gasteiger partial charge is 0.330 e. The van der Waals surface area contributed by atoms with Gasteiger partial charge in [0.1, 0.15) is 0 Å². The maximum atomic E-state index is 6.12. The topological polar surface area (TPSA) is 32.5 Å². The molecule has 112 valence electrons. The zero-order valence-corrected chi connectivity index (χ0v) is 13.3. The molecule has 1 aliphatic heterocycles. The van der Waals surface area contributed by atoms with E-state index in [0.29, 0.717) is 18.6 Å². The van der Waals surface area contributed by atoms with Gasteiger partial charge in [0.2, 0.25) is 0 Å².